The molecular formula is C14H13ClF3NO3. The highest BCUT2D eigenvalue weighted by Crippen LogP contribution is 2.20. The highest BCUT2D eigenvalue weighted by molar-refractivity contribution is 6.30. The Morgan fingerprint density at radius 2 is 1.86 bits per heavy atom. The quantitative estimate of drug-likeness (QED) is 0.591. The number of nitrogens with zero attached hydrogens (tertiary/aromatic N) is 1. The molecular weight excluding hydrogens is 323 g/mol. The Morgan fingerprint density at radius 1 is 1.27 bits per heavy atom. The molecule has 0 aromatic heterocycles. The van der Waals surface area contributed by atoms with E-state index in [4.69, 9.17) is 16.3 Å². The molecule has 0 aliphatic heterocycles. The Balaban J connectivity index is 2.96. The van der Waals surface area contributed by atoms with Gasteiger partial charge in [-0.25, -0.2) is 0 Å². The molecule has 1 rings (SSSR count). The number of hydrogen-bond donors (Lipinski definition) is 0. The third-order valence-corrected chi connectivity index (χ3v) is 2.70. The van der Waals surface area contributed by atoms with Gasteiger partial charge in [0.2, 0.25) is 0 Å². The number of halogens is 4. The zero-order valence-corrected chi connectivity index (χ0v) is 12.3. The van der Waals surface area contributed by atoms with Crippen LogP contribution >= 0.6 is 11.6 Å². The first-order chi connectivity index (χ1) is 10.2. The van der Waals surface area contributed by atoms with E-state index in [1.54, 1.807) is 6.92 Å². The van der Waals surface area contributed by atoms with Gasteiger partial charge in [0.15, 0.2) is 0 Å². The number of benzene rings is 1. The lowest BCUT2D eigenvalue weighted by atomic mass is 10.3. The maximum Gasteiger partial charge on any atom is 0.454 e. The van der Waals surface area contributed by atoms with Gasteiger partial charge in [-0.2, -0.15) is 13.2 Å². The van der Waals surface area contributed by atoms with Gasteiger partial charge in [-0.1, -0.05) is 11.6 Å². The molecule has 4 nitrogen and oxygen atoms in total. The normalized spacial score (nSPS) is 11.5. The van der Waals surface area contributed by atoms with E-state index >= 15 is 0 Å². The summed E-state index contributed by atoms with van der Waals surface area (Å²) in [6.07, 6.45) is -3.73. The molecule has 120 valence electrons. The number of carbonyl (C=O) groups is 2. The molecule has 0 heterocycles. The second-order valence-corrected chi connectivity index (χ2v) is 4.52. The molecule has 0 bridgehead atoms. The minimum absolute atomic E-state index is 0.137. The number of ketones is 1. The fraction of sp³-hybridized carbons (Fsp3) is 0.286. The number of alkyl halides is 3. The van der Waals surface area contributed by atoms with Crippen LogP contribution in [0.2, 0.25) is 5.02 Å². The smallest absolute Gasteiger partial charge is 0.454 e. The van der Waals surface area contributed by atoms with E-state index in [1.807, 2.05) is 0 Å². The van der Waals surface area contributed by atoms with Crippen molar-refractivity contribution in [2.24, 2.45) is 0 Å². The van der Waals surface area contributed by atoms with Crippen LogP contribution in [0.1, 0.15) is 6.92 Å². The largest absolute Gasteiger partial charge is 0.465 e. The lowest BCUT2D eigenvalue weighted by molar-refractivity contribution is -0.165. The number of ether oxygens (including phenoxy) is 1. The summed E-state index contributed by atoms with van der Waals surface area (Å²) in [6.45, 7) is 1.41. The van der Waals surface area contributed by atoms with E-state index < -0.39 is 17.9 Å². The van der Waals surface area contributed by atoms with Gasteiger partial charge in [-0.05, 0) is 31.2 Å². The minimum atomic E-state index is -4.97. The lowest BCUT2D eigenvalue weighted by Gasteiger charge is -2.19. The molecule has 0 saturated heterocycles. The minimum Gasteiger partial charge on any atom is -0.465 e. The van der Waals surface area contributed by atoms with Crippen LogP contribution in [0.25, 0.3) is 0 Å². The van der Waals surface area contributed by atoms with Gasteiger partial charge < -0.3 is 9.64 Å². The summed E-state index contributed by atoms with van der Waals surface area (Å²) < 4.78 is 41.4. The molecule has 8 heteroatoms. The number of carbonyl (C=O) groups excluding carboxylic acids is 2. The average Bonchev–Trinajstić information content (AvgIpc) is 2.43. The van der Waals surface area contributed by atoms with Crippen molar-refractivity contribution in [1.29, 1.82) is 0 Å². The van der Waals surface area contributed by atoms with Crippen LogP contribution in [0.15, 0.2) is 36.5 Å². The molecule has 1 aromatic rings. The van der Waals surface area contributed by atoms with Gasteiger partial charge >= 0.3 is 12.1 Å². The summed E-state index contributed by atoms with van der Waals surface area (Å²) in [5.41, 5.74) is 0.392. The van der Waals surface area contributed by atoms with Crippen LogP contribution in [0.4, 0.5) is 18.9 Å². The van der Waals surface area contributed by atoms with E-state index in [0.717, 1.165) is 11.1 Å². The Labute approximate surface area is 130 Å². The first-order valence-corrected chi connectivity index (χ1v) is 6.59. The van der Waals surface area contributed by atoms with E-state index in [1.165, 1.54) is 24.3 Å². The zero-order chi connectivity index (χ0) is 16.8. The predicted molar refractivity (Wildman–Crippen MR) is 75.6 cm³/mol. The summed E-state index contributed by atoms with van der Waals surface area (Å²) in [5, 5.41) is 0.426. The molecule has 0 aliphatic carbocycles. The Kier molecular flexibility index (Phi) is 6.42. The van der Waals surface area contributed by atoms with Crippen molar-refractivity contribution in [3.05, 3.63) is 41.6 Å². The SMILES string of the molecule is CCOC(=O)CN(C=CC(=O)C(F)(F)F)c1ccc(Cl)cc1. The van der Waals surface area contributed by atoms with Crippen molar-refractivity contribution in [2.75, 3.05) is 18.1 Å². The maximum atomic E-state index is 12.2. The van der Waals surface area contributed by atoms with Crippen molar-refractivity contribution < 1.29 is 27.5 Å². The summed E-state index contributed by atoms with van der Waals surface area (Å²) >= 11 is 5.73. The number of hydrogen-bond acceptors (Lipinski definition) is 4. The molecule has 0 spiro atoms. The molecule has 0 radical (unpaired) electrons. The van der Waals surface area contributed by atoms with Crippen LogP contribution < -0.4 is 4.90 Å². The van der Waals surface area contributed by atoms with E-state index in [9.17, 15) is 22.8 Å². The van der Waals surface area contributed by atoms with Gasteiger partial charge in [0.05, 0.1) is 6.61 Å². The third-order valence-electron chi connectivity index (χ3n) is 2.45. The monoisotopic (exact) mass is 335 g/mol. The number of allylic oxidation sites excluding steroid dienone is 1. The number of rotatable bonds is 6. The Morgan fingerprint density at radius 3 is 2.36 bits per heavy atom. The van der Waals surface area contributed by atoms with Gasteiger partial charge in [0, 0.05) is 23.0 Å². The van der Waals surface area contributed by atoms with Gasteiger partial charge in [0.25, 0.3) is 5.78 Å². The average molecular weight is 336 g/mol. The van der Waals surface area contributed by atoms with Crippen LogP contribution in [0.3, 0.4) is 0 Å². The fourth-order valence-electron chi connectivity index (χ4n) is 1.46. The molecule has 0 atom stereocenters. The highest BCUT2D eigenvalue weighted by Gasteiger charge is 2.36. The van der Waals surface area contributed by atoms with Crippen LogP contribution in [-0.4, -0.2) is 31.1 Å². The van der Waals surface area contributed by atoms with Gasteiger partial charge in [0.1, 0.15) is 6.54 Å². The van der Waals surface area contributed by atoms with Crippen molar-refractivity contribution in [2.45, 2.75) is 13.1 Å². The maximum absolute atomic E-state index is 12.2. The Bertz CT molecular complexity index is 555. The highest BCUT2D eigenvalue weighted by atomic mass is 35.5. The van der Waals surface area contributed by atoms with E-state index in [2.05, 4.69) is 0 Å². The van der Waals surface area contributed by atoms with Crippen molar-refractivity contribution in [3.63, 3.8) is 0 Å². The Hall–Kier alpha value is -2.02. The van der Waals surface area contributed by atoms with Crippen LogP contribution in [0.5, 0.6) is 0 Å². The van der Waals surface area contributed by atoms with E-state index in [-0.39, 0.29) is 13.2 Å². The summed E-state index contributed by atoms with van der Waals surface area (Å²) in [4.78, 5) is 23.6. The number of anilines is 1. The second-order valence-electron chi connectivity index (χ2n) is 4.09. The molecule has 0 unspecified atom stereocenters. The summed E-state index contributed by atoms with van der Waals surface area (Å²) in [7, 11) is 0. The standard InChI is InChI=1S/C14H13ClF3NO3/c1-2-22-13(21)9-19(8-7-12(20)14(16,17)18)11-5-3-10(15)4-6-11/h3-8H,2,9H2,1H3. The predicted octanol–water partition coefficient (Wildman–Crippen LogP) is 3.35. The fourth-order valence-corrected chi connectivity index (χ4v) is 1.59. The number of esters is 1. The van der Waals surface area contributed by atoms with Crippen LogP contribution in [0, 0.1) is 0 Å². The van der Waals surface area contributed by atoms with E-state index in [0.29, 0.717) is 16.8 Å². The first-order valence-electron chi connectivity index (χ1n) is 6.21. The van der Waals surface area contributed by atoms with Crippen molar-refractivity contribution >= 4 is 29.0 Å². The molecule has 0 amide bonds. The lowest BCUT2D eigenvalue weighted by Crippen LogP contribution is -2.27. The molecule has 22 heavy (non-hydrogen) atoms. The second kappa shape index (κ2) is 7.84. The molecule has 0 N–H and O–H groups in total. The summed E-state index contributed by atoms with van der Waals surface area (Å²) in [6, 6.07) is 6.02. The topological polar surface area (TPSA) is 46.6 Å². The molecule has 0 fully saturated rings. The summed E-state index contributed by atoms with van der Waals surface area (Å²) in [5.74, 6) is -2.66. The third kappa shape index (κ3) is 5.77. The van der Waals surface area contributed by atoms with Gasteiger partial charge in [-0.15, -0.1) is 0 Å². The molecule has 1 aromatic carbocycles. The van der Waals surface area contributed by atoms with Gasteiger partial charge in [-0.3, -0.25) is 9.59 Å². The first kappa shape index (κ1) is 18.0. The zero-order valence-electron chi connectivity index (χ0n) is 11.6. The van der Waals surface area contributed by atoms with Crippen molar-refractivity contribution in [3.8, 4) is 0 Å². The molecule has 0 aliphatic rings. The van der Waals surface area contributed by atoms with Crippen molar-refractivity contribution in [1.82, 2.24) is 0 Å². The molecule has 0 saturated carbocycles. The van der Waals surface area contributed by atoms with Crippen LogP contribution in [-0.2, 0) is 14.3 Å².